The monoisotopic (exact) mass is 407 g/mol. The fourth-order valence-corrected chi connectivity index (χ4v) is 1.96. The molecule has 27 heavy (non-hydrogen) atoms. The average Bonchev–Trinajstić information content (AvgIpc) is 2.56. The van der Waals surface area contributed by atoms with E-state index < -0.39 is 66.3 Å². The molecule has 5 atom stereocenters. The number of hydrogen-bond acceptors (Lipinski definition) is 8. The van der Waals surface area contributed by atoms with Gasteiger partial charge in [0.2, 0.25) is 23.6 Å². The molecule has 0 aromatic carbocycles. The lowest BCUT2D eigenvalue weighted by Crippen LogP contribution is -2.60. The standard InChI is InChI=1S/C14H25N5O7S/c1-5(14(25)26)17-13(24)10(6(2)20)19-12(23)8(3-9(16)21)18-11(22)7(15)4-27/h5-8,10,20,27H,3-4,15H2,1-2H3,(H2,16,21)(H,17,24)(H,18,22)(H,19,23)(H,25,26). The Morgan fingerprint density at radius 1 is 1.00 bits per heavy atom. The lowest BCUT2D eigenvalue weighted by Gasteiger charge is -2.25. The molecule has 154 valence electrons. The maximum Gasteiger partial charge on any atom is 0.325 e. The first-order chi connectivity index (χ1) is 12.4. The molecule has 0 aliphatic rings. The van der Waals surface area contributed by atoms with Crippen LogP contribution in [0.1, 0.15) is 20.3 Å². The summed E-state index contributed by atoms with van der Waals surface area (Å²) < 4.78 is 0. The minimum absolute atomic E-state index is 0.0253. The molecular formula is C14H25N5O7S. The zero-order valence-corrected chi connectivity index (χ0v) is 15.7. The van der Waals surface area contributed by atoms with Crippen LogP contribution in [0.15, 0.2) is 0 Å². The molecular weight excluding hydrogens is 382 g/mol. The quantitative estimate of drug-likeness (QED) is 0.158. The van der Waals surface area contributed by atoms with E-state index in [0.29, 0.717) is 0 Å². The van der Waals surface area contributed by atoms with E-state index in [4.69, 9.17) is 16.6 Å². The third kappa shape index (κ3) is 8.70. The SMILES string of the molecule is CC(NC(=O)C(NC(=O)C(CC(N)=O)NC(=O)C(N)CS)C(C)O)C(=O)O. The van der Waals surface area contributed by atoms with Gasteiger partial charge in [-0.3, -0.25) is 24.0 Å². The molecule has 0 saturated heterocycles. The predicted octanol–water partition coefficient (Wildman–Crippen LogP) is -3.94. The van der Waals surface area contributed by atoms with E-state index >= 15 is 0 Å². The van der Waals surface area contributed by atoms with Gasteiger partial charge in [0.1, 0.15) is 18.1 Å². The number of carbonyl (C=O) groups excluding carboxylic acids is 4. The van der Waals surface area contributed by atoms with Crippen LogP contribution in [-0.2, 0) is 24.0 Å². The lowest BCUT2D eigenvalue weighted by molar-refractivity contribution is -0.142. The van der Waals surface area contributed by atoms with Gasteiger partial charge in [-0.2, -0.15) is 12.6 Å². The first-order valence-electron chi connectivity index (χ1n) is 7.87. The lowest BCUT2D eigenvalue weighted by atomic mass is 10.1. The predicted molar refractivity (Wildman–Crippen MR) is 96.4 cm³/mol. The molecule has 12 nitrogen and oxygen atoms in total. The number of aliphatic hydroxyl groups excluding tert-OH is 1. The zero-order valence-electron chi connectivity index (χ0n) is 14.8. The van der Waals surface area contributed by atoms with Crippen LogP contribution in [0.2, 0.25) is 0 Å². The number of carboxylic acids is 1. The van der Waals surface area contributed by atoms with E-state index in [1.165, 1.54) is 13.8 Å². The van der Waals surface area contributed by atoms with Gasteiger partial charge in [-0.25, -0.2) is 0 Å². The number of aliphatic carboxylic acids is 1. The Balaban J connectivity index is 5.26. The third-order valence-corrected chi connectivity index (χ3v) is 3.76. The maximum atomic E-state index is 12.4. The van der Waals surface area contributed by atoms with E-state index in [9.17, 15) is 29.1 Å². The van der Waals surface area contributed by atoms with Gasteiger partial charge in [0, 0.05) is 5.75 Å². The van der Waals surface area contributed by atoms with Crippen molar-refractivity contribution >= 4 is 42.2 Å². The molecule has 0 aliphatic carbocycles. The van der Waals surface area contributed by atoms with Crippen molar-refractivity contribution in [2.24, 2.45) is 11.5 Å². The fraction of sp³-hybridized carbons (Fsp3) is 0.643. The molecule has 4 amide bonds. The summed E-state index contributed by atoms with van der Waals surface area (Å²) in [5, 5.41) is 25.0. The summed E-state index contributed by atoms with van der Waals surface area (Å²) in [6.07, 6.45) is -1.99. The Bertz CT molecular complexity index is 586. The van der Waals surface area contributed by atoms with Crippen LogP contribution in [0.3, 0.4) is 0 Å². The second kappa shape index (κ2) is 11.4. The van der Waals surface area contributed by atoms with Crippen molar-refractivity contribution in [3.05, 3.63) is 0 Å². The number of hydrogen-bond donors (Lipinski definition) is 8. The Hall–Kier alpha value is -2.38. The van der Waals surface area contributed by atoms with Crippen molar-refractivity contribution < 1.29 is 34.2 Å². The highest BCUT2D eigenvalue weighted by atomic mass is 32.1. The molecule has 0 aromatic rings. The molecule has 0 radical (unpaired) electrons. The molecule has 0 aromatic heterocycles. The number of rotatable bonds is 11. The Kier molecular flexibility index (Phi) is 10.4. The zero-order chi connectivity index (χ0) is 21.3. The summed E-state index contributed by atoms with van der Waals surface area (Å²) in [6, 6.07) is -5.31. The second-order valence-corrected chi connectivity index (χ2v) is 6.18. The number of primary amides is 1. The van der Waals surface area contributed by atoms with E-state index in [1.807, 2.05) is 0 Å². The highest BCUT2D eigenvalue weighted by Gasteiger charge is 2.32. The van der Waals surface area contributed by atoms with Gasteiger partial charge in [0.15, 0.2) is 0 Å². The van der Waals surface area contributed by atoms with Crippen LogP contribution >= 0.6 is 12.6 Å². The number of carbonyl (C=O) groups is 5. The fourth-order valence-electron chi connectivity index (χ4n) is 1.80. The molecule has 0 heterocycles. The molecule has 13 heteroatoms. The van der Waals surface area contributed by atoms with Crippen molar-refractivity contribution in [2.75, 3.05) is 5.75 Å². The average molecular weight is 407 g/mol. The summed E-state index contributed by atoms with van der Waals surface area (Å²) >= 11 is 3.84. The number of nitrogens with two attached hydrogens (primary N) is 2. The van der Waals surface area contributed by atoms with Crippen molar-refractivity contribution in [2.45, 2.75) is 50.5 Å². The third-order valence-electron chi connectivity index (χ3n) is 3.36. The molecule has 0 rings (SSSR count). The number of amides is 4. The molecule has 0 saturated carbocycles. The molecule has 0 spiro atoms. The summed E-state index contributed by atoms with van der Waals surface area (Å²) in [5.74, 6) is -4.99. The highest BCUT2D eigenvalue weighted by Crippen LogP contribution is 2.00. The summed E-state index contributed by atoms with van der Waals surface area (Å²) in [6.45, 7) is 2.38. The van der Waals surface area contributed by atoms with E-state index in [1.54, 1.807) is 0 Å². The summed E-state index contributed by atoms with van der Waals surface area (Å²) in [5.41, 5.74) is 10.5. The Morgan fingerprint density at radius 3 is 1.96 bits per heavy atom. The van der Waals surface area contributed by atoms with Gasteiger partial charge in [0.25, 0.3) is 0 Å². The molecule has 9 N–H and O–H groups in total. The largest absolute Gasteiger partial charge is 0.480 e. The minimum Gasteiger partial charge on any atom is -0.480 e. The van der Waals surface area contributed by atoms with E-state index in [-0.39, 0.29) is 5.75 Å². The van der Waals surface area contributed by atoms with Crippen molar-refractivity contribution in [3.63, 3.8) is 0 Å². The molecule has 5 unspecified atom stereocenters. The Labute approximate surface area is 160 Å². The Morgan fingerprint density at radius 2 is 1.56 bits per heavy atom. The van der Waals surface area contributed by atoms with Gasteiger partial charge in [-0.05, 0) is 13.8 Å². The van der Waals surface area contributed by atoms with Gasteiger partial charge < -0.3 is 37.6 Å². The van der Waals surface area contributed by atoms with Gasteiger partial charge in [-0.1, -0.05) is 0 Å². The number of carboxylic acid groups (broad SMARTS) is 1. The second-order valence-electron chi connectivity index (χ2n) is 5.82. The molecule has 0 aliphatic heterocycles. The number of aliphatic hydroxyl groups is 1. The van der Waals surface area contributed by atoms with Gasteiger partial charge >= 0.3 is 5.97 Å². The number of nitrogens with one attached hydrogen (secondary N) is 3. The molecule has 0 fully saturated rings. The normalized spacial score (nSPS) is 16.2. The van der Waals surface area contributed by atoms with E-state index in [2.05, 4.69) is 28.6 Å². The van der Waals surface area contributed by atoms with Crippen molar-refractivity contribution in [3.8, 4) is 0 Å². The smallest absolute Gasteiger partial charge is 0.325 e. The summed E-state index contributed by atoms with van der Waals surface area (Å²) in [7, 11) is 0. The van der Waals surface area contributed by atoms with Crippen LogP contribution in [0.25, 0.3) is 0 Å². The van der Waals surface area contributed by atoms with Gasteiger partial charge in [-0.15, -0.1) is 0 Å². The van der Waals surface area contributed by atoms with Crippen molar-refractivity contribution in [1.29, 1.82) is 0 Å². The molecule has 0 bridgehead atoms. The maximum absolute atomic E-state index is 12.4. The van der Waals surface area contributed by atoms with Crippen molar-refractivity contribution in [1.82, 2.24) is 16.0 Å². The number of thiol groups is 1. The highest BCUT2D eigenvalue weighted by molar-refractivity contribution is 7.80. The van der Waals surface area contributed by atoms with Crippen LogP contribution in [0.5, 0.6) is 0 Å². The van der Waals surface area contributed by atoms with Crippen LogP contribution in [0.4, 0.5) is 0 Å². The topological polar surface area (TPSA) is 214 Å². The van der Waals surface area contributed by atoms with E-state index in [0.717, 1.165) is 0 Å². The first-order valence-corrected chi connectivity index (χ1v) is 8.50. The van der Waals surface area contributed by atoms with Crippen LogP contribution in [0, 0.1) is 0 Å². The summed E-state index contributed by atoms with van der Waals surface area (Å²) in [4.78, 5) is 58.3. The minimum atomic E-state index is -1.54. The van der Waals surface area contributed by atoms with Crippen LogP contribution in [-0.4, -0.2) is 75.8 Å². The van der Waals surface area contributed by atoms with Crippen LogP contribution < -0.4 is 27.4 Å². The van der Waals surface area contributed by atoms with Gasteiger partial charge in [0.05, 0.1) is 18.6 Å². The first kappa shape index (κ1) is 24.6.